The van der Waals surface area contributed by atoms with E-state index in [-0.39, 0.29) is 5.82 Å². The van der Waals surface area contributed by atoms with Crippen molar-refractivity contribution in [2.24, 2.45) is 0 Å². The zero-order valence-corrected chi connectivity index (χ0v) is 14.3. The number of fused-ring (bicyclic) bond motifs is 1. The summed E-state index contributed by atoms with van der Waals surface area (Å²) in [4.78, 5) is 13.4. The fourth-order valence-electron chi connectivity index (χ4n) is 3.34. The monoisotopic (exact) mass is 340 g/mol. The molecule has 130 valence electrons. The summed E-state index contributed by atoms with van der Waals surface area (Å²) in [6, 6.07) is 8.85. The van der Waals surface area contributed by atoms with E-state index in [9.17, 15) is 4.39 Å². The molecule has 3 heterocycles. The van der Waals surface area contributed by atoms with E-state index in [1.165, 1.54) is 12.1 Å². The molecule has 1 saturated heterocycles. The number of benzene rings is 1. The summed E-state index contributed by atoms with van der Waals surface area (Å²) in [7, 11) is 0. The van der Waals surface area contributed by atoms with E-state index < -0.39 is 0 Å². The average Bonchev–Trinajstić information content (AvgIpc) is 2.95. The van der Waals surface area contributed by atoms with E-state index in [4.69, 9.17) is 0 Å². The van der Waals surface area contributed by atoms with Gasteiger partial charge < -0.3 is 4.90 Å². The molecule has 0 N–H and O–H groups in total. The second kappa shape index (κ2) is 6.76. The van der Waals surface area contributed by atoms with E-state index in [0.29, 0.717) is 5.78 Å². The Kier molecular flexibility index (Phi) is 4.31. The van der Waals surface area contributed by atoms with Crippen LogP contribution in [0.3, 0.4) is 0 Å². The molecule has 25 heavy (non-hydrogen) atoms. The Morgan fingerprint density at radius 1 is 1.08 bits per heavy atom. The minimum Gasteiger partial charge on any atom is -0.355 e. The van der Waals surface area contributed by atoms with E-state index in [0.717, 1.165) is 56.2 Å². The minimum absolute atomic E-state index is 0.185. The van der Waals surface area contributed by atoms with Crippen molar-refractivity contribution in [2.45, 2.75) is 19.9 Å². The zero-order valence-electron chi connectivity index (χ0n) is 14.3. The van der Waals surface area contributed by atoms with Crippen molar-refractivity contribution in [1.82, 2.24) is 24.5 Å². The van der Waals surface area contributed by atoms with Gasteiger partial charge in [-0.2, -0.15) is 14.6 Å². The van der Waals surface area contributed by atoms with Crippen LogP contribution in [0.4, 0.5) is 10.2 Å². The van der Waals surface area contributed by atoms with Gasteiger partial charge in [0.1, 0.15) is 18.0 Å². The molecule has 2 aromatic heterocycles. The van der Waals surface area contributed by atoms with Gasteiger partial charge in [0.15, 0.2) is 0 Å². The molecule has 7 heteroatoms. The van der Waals surface area contributed by atoms with Gasteiger partial charge in [-0.25, -0.2) is 9.37 Å². The fraction of sp³-hybridized carbons (Fsp3) is 0.389. The molecule has 0 saturated carbocycles. The number of hydrogen-bond acceptors (Lipinski definition) is 5. The molecule has 4 rings (SSSR count). The molecule has 0 aliphatic carbocycles. The van der Waals surface area contributed by atoms with Crippen LogP contribution < -0.4 is 4.90 Å². The Morgan fingerprint density at radius 2 is 1.92 bits per heavy atom. The second-order valence-corrected chi connectivity index (χ2v) is 6.47. The Balaban J connectivity index is 1.49. The quantitative estimate of drug-likeness (QED) is 0.732. The highest BCUT2D eigenvalue weighted by molar-refractivity contribution is 5.47. The van der Waals surface area contributed by atoms with Gasteiger partial charge in [0.2, 0.25) is 0 Å². The molecule has 1 aliphatic rings. The Labute approximate surface area is 145 Å². The van der Waals surface area contributed by atoms with Crippen LogP contribution in [0, 0.1) is 12.7 Å². The summed E-state index contributed by atoms with van der Waals surface area (Å²) >= 11 is 0. The summed E-state index contributed by atoms with van der Waals surface area (Å²) in [6.45, 7) is 6.70. The predicted molar refractivity (Wildman–Crippen MR) is 94.0 cm³/mol. The van der Waals surface area contributed by atoms with E-state index in [1.807, 2.05) is 23.6 Å². The summed E-state index contributed by atoms with van der Waals surface area (Å²) in [5, 5.41) is 4.31. The third-order valence-electron chi connectivity index (χ3n) is 4.59. The van der Waals surface area contributed by atoms with Gasteiger partial charge in [-0.05, 0) is 31.0 Å². The first-order valence-corrected chi connectivity index (χ1v) is 8.58. The van der Waals surface area contributed by atoms with Gasteiger partial charge in [-0.3, -0.25) is 4.90 Å². The first-order chi connectivity index (χ1) is 12.2. The van der Waals surface area contributed by atoms with Gasteiger partial charge in [-0.1, -0.05) is 12.1 Å². The van der Waals surface area contributed by atoms with Crippen molar-refractivity contribution in [1.29, 1.82) is 0 Å². The normalized spacial score (nSPS) is 16.3. The molecule has 1 aliphatic heterocycles. The Hall–Kier alpha value is -2.54. The van der Waals surface area contributed by atoms with Crippen molar-refractivity contribution >= 4 is 11.6 Å². The largest absolute Gasteiger partial charge is 0.355 e. The molecule has 0 radical (unpaired) electrons. The van der Waals surface area contributed by atoms with Crippen LogP contribution in [0.2, 0.25) is 0 Å². The fourth-order valence-corrected chi connectivity index (χ4v) is 3.34. The van der Waals surface area contributed by atoms with Gasteiger partial charge in [0, 0.05) is 44.5 Å². The topological polar surface area (TPSA) is 49.6 Å². The molecule has 0 unspecified atom stereocenters. The second-order valence-electron chi connectivity index (χ2n) is 6.47. The van der Waals surface area contributed by atoms with Crippen LogP contribution in [0.1, 0.15) is 17.7 Å². The lowest BCUT2D eigenvalue weighted by Crippen LogP contribution is -2.31. The lowest BCUT2D eigenvalue weighted by Gasteiger charge is -2.24. The van der Waals surface area contributed by atoms with Crippen molar-refractivity contribution in [3.05, 3.63) is 53.7 Å². The van der Waals surface area contributed by atoms with Crippen LogP contribution in [0.15, 0.2) is 36.7 Å². The maximum atomic E-state index is 13.1. The maximum Gasteiger partial charge on any atom is 0.254 e. The van der Waals surface area contributed by atoms with Gasteiger partial charge in [0.25, 0.3) is 5.78 Å². The molecule has 1 fully saturated rings. The first kappa shape index (κ1) is 16.0. The molecular weight excluding hydrogens is 319 g/mol. The maximum absolute atomic E-state index is 13.1. The van der Waals surface area contributed by atoms with Gasteiger partial charge >= 0.3 is 0 Å². The molecule has 3 aromatic rings. The van der Waals surface area contributed by atoms with Crippen LogP contribution in [0.25, 0.3) is 5.78 Å². The standard InChI is InChI=1S/C18H21FN6/c1-14-11-17(25-18(22-14)20-13-21-25)24-8-2-7-23(9-10-24)12-15-3-5-16(19)6-4-15/h3-6,11,13H,2,7-10,12H2,1H3. The molecular formula is C18H21FN6. The molecule has 0 spiro atoms. The van der Waals surface area contributed by atoms with E-state index in [2.05, 4.69) is 30.9 Å². The number of halogens is 1. The number of anilines is 1. The summed E-state index contributed by atoms with van der Waals surface area (Å²) in [6.07, 6.45) is 2.61. The van der Waals surface area contributed by atoms with Crippen LogP contribution in [-0.4, -0.2) is 50.7 Å². The third kappa shape index (κ3) is 3.46. The van der Waals surface area contributed by atoms with Gasteiger partial charge in [0.05, 0.1) is 0 Å². The number of hydrogen-bond donors (Lipinski definition) is 0. The summed E-state index contributed by atoms with van der Waals surface area (Å²) in [5.41, 5.74) is 2.09. The highest BCUT2D eigenvalue weighted by Gasteiger charge is 2.18. The van der Waals surface area contributed by atoms with Crippen LogP contribution in [-0.2, 0) is 6.54 Å². The zero-order chi connectivity index (χ0) is 17.2. The average molecular weight is 340 g/mol. The summed E-state index contributed by atoms with van der Waals surface area (Å²) in [5.74, 6) is 1.50. The lowest BCUT2D eigenvalue weighted by molar-refractivity contribution is 0.285. The molecule has 6 nitrogen and oxygen atoms in total. The van der Waals surface area contributed by atoms with Crippen LogP contribution >= 0.6 is 0 Å². The molecule has 0 atom stereocenters. The number of aromatic nitrogens is 4. The smallest absolute Gasteiger partial charge is 0.254 e. The number of nitrogens with zero attached hydrogens (tertiary/aromatic N) is 6. The number of aryl methyl sites for hydroxylation is 1. The molecule has 0 bridgehead atoms. The SMILES string of the molecule is Cc1cc(N2CCCN(Cc3ccc(F)cc3)CC2)n2ncnc2n1. The first-order valence-electron chi connectivity index (χ1n) is 8.58. The molecule has 0 amide bonds. The van der Waals surface area contributed by atoms with Crippen molar-refractivity contribution in [2.75, 3.05) is 31.1 Å². The van der Waals surface area contributed by atoms with E-state index >= 15 is 0 Å². The lowest BCUT2D eigenvalue weighted by atomic mass is 10.2. The van der Waals surface area contributed by atoms with Gasteiger partial charge in [-0.15, -0.1) is 0 Å². The van der Waals surface area contributed by atoms with Crippen molar-refractivity contribution in [3.63, 3.8) is 0 Å². The Bertz CT molecular complexity index is 860. The predicted octanol–water partition coefficient (Wildman–Crippen LogP) is 2.28. The minimum atomic E-state index is -0.185. The Morgan fingerprint density at radius 3 is 2.76 bits per heavy atom. The highest BCUT2D eigenvalue weighted by atomic mass is 19.1. The highest BCUT2D eigenvalue weighted by Crippen LogP contribution is 2.18. The summed E-state index contributed by atoms with van der Waals surface area (Å²) < 4.78 is 14.9. The van der Waals surface area contributed by atoms with Crippen molar-refractivity contribution < 1.29 is 4.39 Å². The van der Waals surface area contributed by atoms with Crippen molar-refractivity contribution in [3.8, 4) is 0 Å². The van der Waals surface area contributed by atoms with Crippen LogP contribution in [0.5, 0.6) is 0 Å². The number of rotatable bonds is 3. The molecule has 1 aromatic carbocycles. The van der Waals surface area contributed by atoms with E-state index in [1.54, 1.807) is 6.33 Å². The third-order valence-corrected chi connectivity index (χ3v) is 4.59.